The largest absolute Gasteiger partial charge is 0.352 e. The lowest BCUT2D eigenvalue weighted by Crippen LogP contribution is -2.01. The Morgan fingerprint density at radius 1 is 1.08 bits per heavy atom. The fourth-order valence-electron chi connectivity index (χ4n) is 2.49. The van der Waals surface area contributed by atoms with E-state index in [2.05, 4.69) is 20.3 Å². The number of aromatic nitrogens is 3. The molecule has 4 aromatic rings. The Labute approximate surface area is 140 Å². The zero-order valence-electron chi connectivity index (χ0n) is 12.4. The van der Waals surface area contributed by atoms with Gasteiger partial charge in [-0.1, -0.05) is 0 Å². The topological polar surface area (TPSA) is 53.6 Å². The molecule has 0 fully saturated rings. The van der Waals surface area contributed by atoms with Gasteiger partial charge in [0.2, 0.25) is 5.95 Å². The van der Waals surface area contributed by atoms with Crippen LogP contribution in [-0.2, 0) is 6.54 Å². The van der Waals surface area contributed by atoms with Crippen LogP contribution in [0.4, 0.5) is 14.7 Å². The number of halogens is 2. The predicted octanol–water partition coefficient (Wildman–Crippen LogP) is 4.58. The summed E-state index contributed by atoms with van der Waals surface area (Å²) in [6, 6.07) is 9.29. The molecule has 24 heavy (non-hydrogen) atoms. The molecule has 7 heteroatoms. The van der Waals surface area contributed by atoms with E-state index in [1.807, 2.05) is 23.6 Å². The molecule has 0 aliphatic rings. The Balaban J connectivity index is 1.56. The highest BCUT2D eigenvalue weighted by Crippen LogP contribution is 2.25. The minimum Gasteiger partial charge on any atom is -0.352 e. The van der Waals surface area contributed by atoms with Crippen LogP contribution in [-0.4, -0.2) is 15.0 Å². The summed E-state index contributed by atoms with van der Waals surface area (Å²) in [5.41, 5.74) is 3.20. The van der Waals surface area contributed by atoms with Crippen LogP contribution in [0.5, 0.6) is 0 Å². The monoisotopic (exact) mass is 342 g/mol. The first kappa shape index (κ1) is 14.8. The zero-order chi connectivity index (χ0) is 16.5. The summed E-state index contributed by atoms with van der Waals surface area (Å²) in [4.78, 5) is 11.9. The molecule has 2 aromatic carbocycles. The number of imidazole rings is 1. The molecule has 0 bridgehead atoms. The number of benzene rings is 2. The van der Waals surface area contributed by atoms with E-state index < -0.39 is 11.6 Å². The summed E-state index contributed by atoms with van der Waals surface area (Å²) in [5.74, 6) is -0.639. The number of H-pyrrole nitrogens is 1. The number of fused-ring (bicyclic) bond motifs is 1. The van der Waals surface area contributed by atoms with Gasteiger partial charge in [-0.2, -0.15) is 0 Å². The first-order valence-corrected chi connectivity index (χ1v) is 8.14. The SMILES string of the molecule is Fc1cc(F)cc(CNc2nc3ccc(-c4nccs4)cc3[nH]2)c1. The lowest BCUT2D eigenvalue weighted by atomic mass is 10.2. The minimum absolute atomic E-state index is 0.272. The van der Waals surface area contributed by atoms with Crippen molar-refractivity contribution in [1.29, 1.82) is 0 Å². The van der Waals surface area contributed by atoms with Gasteiger partial charge in [0.05, 0.1) is 11.0 Å². The summed E-state index contributed by atoms with van der Waals surface area (Å²) in [6.45, 7) is 0.272. The molecular weight excluding hydrogens is 330 g/mol. The van der Waals surface area contributed by atoms with E-state index in [9.17, 15) is 8.78 Å². The Morgan fingerprint density at radius 3 is 2.67 bits per heavy atom. The van der Waals surface area contributed by atoms with Gasteiger partial charge < -0.3 is 10.3 Å². The maximum Gasteiger partial charge on any atom is 0.201 e. The highest BCUT2D eigenvalue weighted by atomic mass is 32.1. The van der Waals surface area contributed by atoms with Crippen LogP contribution in [0.25, 0.3) is 21.6 Å². The van der Waals surface area contributed by atoms with Gasteiger partial charge in [-0.15, -0.1) is 11.3 Å². The number of nitrogens with zero attached hydrogens (tertiary/aromatic N) is 2. The van der Waals surface area contributed by atoms with Crippen molar-refractivity contribution in [1.82, 2.24) is 15.0 Å². The molecule has 2 aromatic heterocycles. The van der Waals surface area contributed by atoms with Crippen molar-refractivity contribution in [2.75, 3.05) is 5.32 Å². The van der Waals surface area contributed by atoms with Crippen LogP contribution in [0, 0.1) is 11.6 Å². The lowest BCUT2D eigenvalue weighted by molar-refractivity contribution is 0.580. The molecular formula is C17H12F2N4S. The van der Waals surface area contributed by atoms with E-state index in [4.69, 9.17) is 0 Å². The smallest absolute Gasteiger partial charge is 0.201 e. The Bertz CT molecular complexity index is 975. The second-order valence-corrected chi connectivity index (χ2v) is 6.18. The average molecular weight is 342 g/mol. The van der Waals surface area contributed by atoms with Gasteiger partial charge in [0.15, 0.2) is 0 Å². The third kappa shape index (κ3) is 2.98. The standard InChI is InChI=1S/C17H12F2N4S/c18-12-5-10(6-13(19)8-12)9-21-17-22-14-2-1-11(7-15(14)23-17)16-20-3-4-24-16/h1-8H,9H2,(H2,21,22,23). The number of aromatic amines is 1. The molecule has 2 N–H and O–H groups in total. The van der Waals surface area contributed by atoms with Crippen LogP contribution >= 0.6 is 11.3 Å². The van der Waals surface area contributed by atoms with Crippen molar-refractivity contribution < 1.29 is 8.78 Å². The number of hydrogen-bond donors (Lipinski definition) is 2. The number of nitrogens with one attached hydrogen (secondary N) is 2. The molecule has 0 unspecified atom stereocenters. The Morgan fingerprint density at radius 2 is 1.92 bits per heavy atom. The lowest BCUT2D eigenvalue weighted by Gasteiger charge is -2.03. The first-order valence-electron chi connectivity index (χ1n) is 7.26. The molecule has 0 amide bonds. The number of thiazole rings is 1. The summed E-state index contributed by atoms with van der Waals surface area (Å²) in [7, 11) is 0. The molecule has 120 valence electrons. The number of rotatable bonds is 4. The summed E-state index contributed by atoms with van der Waals surface area (Å²) in [6.07, 6.45) is 1.77. The highest BCUT2D eigenvalue weighted by molar-refractivity contribution is 7.13. The molecule has 0 aliphatic carbocycles. The van der Waals surface area contributed by atoms with E-state index in [0.717, 1.165) is 27.7 Å². The van der Waals surface area contributed by atoms with Gasteiger partial charge >= 0.3 is 0 Å². The van der Waals surface area contributed by atoms with Gasteiger partial charge in [-0.05, 0) is 35.9 Å². The first-order chi connectivity index (χ1) is 11.7. The molecule has 0 atom stereocenters. The second-order valence-electron chi connectivity index (χ2n) is 5.29. The highest BCUT2D eigenvalue weighted by Gasteiger charge is 2.07. The van der Waals surface area contributed by atoms with Crippen LogP contribution < -0.4 is 5.32 Å². The van der Waals surface area contributed by atoms with Gasteiger partial charge in [0.1, 0.15) is 16.6 Å². The Kier molecular flexibility index (Phi) is 3.70. The van der Waals surface area contributed by atoms with Gasteiger partial charge in [0, 0.05) is 29.8 Å². The van der Waals surface area contributed by atoms with Crippen molar-refractivity contribution in [3.63, 3.8) is 0 Å². The third-order valence-corrected chi connectivity index (χ3v) is 4.37. The molecule has 0 aliphatic heterocycles. The van der Waals surface area contributed by atoms with Crippen LogP contribution in [0.3, 0.4) is 0 Å². The summed E-state index contributed by atoms with van der Waals surface area (Å²) >= 11 is 1.57. The molecule has 0 radical (unpaired) electrons. The van der Waals surface area contributed by atoms with Gasteiger partial charge in [0.25, 0.3) is 0 Å². The molecule has 4 rings (SSSR count). The van der Waals surface area contributed by atoms with E-state index in [0.29, 0.717) is 11.5 Å². The van der Waals surface area contributed by atoms with E-state index in [1.165, 1.54) is 12.1 Å². The molecule has 2 heterocycles. The molecule has 0 spiro atoms. The van der Waals surface area contributed by atoms with Gasteiger partial charge in [-0.3, -0.25) is 0 Å². The zero-order valence-corrected chi connectivity index (χ0v) is 13.2. The summed E-state index contributed by atoms with van der Waals surface area (Å²) in [5, 5.41) is 5.92. The quantitative estimate of drug-likeness (QED) is 0.571. The molecule has 0 saturated heterocycles. The predicted molar refractivity (Wildman–Crippen MR) is 90.9 cm³/mol. The van der Waals surface area contributed by atoms with E-state index in [1.54, 1.807) is 17.5 Å². The fraction of sp³-hybridized carbons (Fsp3) is 0.0588. The van der Waals surface area contributed by atoms with E-state index in [-0.39, 0.29) is 6.54 Å². The maximum absolute atomic E-state index is 13.2. The van der Waals surface area contributed by atoms with Crippen molar-refractivity contribution in [2.24, 2.45) is 0 Å². The van der Waals surface area contributed by atoms with Crippen molar-refractivity contribution in [3.8, 4) is 10.6 Å². The average Bonchev–Trinajstić information content (AvgIpc) is 3.20. The van der Waals surface area contributed by atoms with Crippen LogP contribution in [0.2, 0.25) is 0 Å². The number of anilines is 1. The van der Waals surface area contributed by atoms with Gasteiger partial charge in [-0.25, -0.2) is 18.7 Å². The molecule has 0 saturated carbocycles. The van der Waals surface area contributed by atoms with Crippen molar-refractivity contribution in [2.45, 2.75) is 6.54 Å². The second kappa shape index (κ2) is 6.01. The third-order valence-electron chi connectivity index (χ3n) is 3.54. The van der Waals surface area contributed by atoms with Crippen LogP contribution in [0.15, 0.2) is 48.0 Å². The number of hydrogen-bond acceptors (Lipinski definition) is 4. The maximum atomic E-state index is 13.2. The van der Waals surface area contributed by atoms with Crippen molar-refractivity contribution >= 4 is 28.3 Å². The molecule has 4 nitrogen and oxygen atoms in total. The summed E-state index contributed by atoms with van der Waals surface area (Å²) < 4.78 is 26.4. The fourth-order valence-corrected chi connectivity index (χ4v) is 3.13. The Hall–Kier alpha value is -2.80. The van der Waals surface area contributed by atoms with E-state index >= 15 is 0 Å². The minimum atomic E-state index is -0.593. The van der Waals surface area contributed by atoms with Crippen molar-refractivity contribution in [3.05, 3.63) is 65.2 Å². The normalized spacial score (nSPS) is 11.1. The van der Waals surface area contributed by atoms with Crippen LogP contribution in [0.1, 0.15) is 5.56 Å².